The highest BCUT2D eigenvalue weighted by Crippen LogP contribution is 2.23. The quantitative estimate of drug-likeness (QED) is 0.867. The van der Waals surface area contributed by atoms with Gasteiger partial charge in [0.25, 0.3) is 15.0 Å². The highest BCUT2D eigenvalue weighted by Gasteiger charge is 2.21. The van der Waals surface area contributed by atoms with Gasteiger partial charge in [-0.2, -0.15) is 0 Å². The number of carbonyl (C=O) groups is 1. The molecule has 7 heteroatoms. The molecule has 0 saturated heterocycles. The number of carbonyl (C=O) groups excluding carboxylic acids is 1. The molecule has 4 nitrogen and oxygen atoms in total. The van der Waals surface area contributed by atoms with Gasteiger partial charge in [-0.05, 0) is 37.5 Å². The van der Waals surface area contributed by atoms with Crippen LogP contribution in [-0.4, -0.2) is 20.4 Å². The molecule has 1 unspecified atom stereocenters. The van der Waals surface area contributed by atoms with Crippen LogP contribution < -0.4 is 5.32 Å². The van der Waals surface area contributed by atoms with Crippen molar-refractivity contribution in [1.29, 1.82) is 0 Å². The first-order valence-electron chi connectivity index (χ1n) is 6.09. The zero-order valence-electron chi connectivity index (χ0n) is 11.7. The predicted molar refractivity (Wildman–Crippen MR) is 75.9 cm³/mol. The summed E-state index contributed by atoms with van der Waals surface area (Å²) in [4.78, 5) is 11.7. The number of aryl methyl sites for hydroxylation is 1. The van der Waals surface area contributed by atoms with E-state index in [0.717, 1.165) is 12.1 Å². The van der Waals surface area contributed by atoms with Crippen LogP contribution in [-0.2, 0) is 9.05 Å². The molecule has 112 valence electrons. The molecule has 0 saturated carbocycles. The molecule has 0 bridgehead atoms. The van der Waals surface area contributed by atoms with Crippen LogP contribution in [0.1, 0.15) is 36.7 Å². The van der Waals surface area contributed by atoms with Crippen LogP contribution in [0.3, 0.4) is 0 Å². The van der Waals surface area contributed by atoms with Gasteiger partial charge in [0.1, 0.15) is 5.82 Å². The molecule has 1 atom stereocenters. The van der Waals surface area contributed by atoms with Crippen molar-refractivity contribution in [3.63, 3.8) is 0 Å². The molecule has 1 aromatic carbocycles. The van der Waals surface area contributed by atoms with Crippen molar-refractivity contribution in [3.05, 3.63) is 29.1 Å². The molecule has 1 rings (SSSR count). The van der Waals surface area contributed by atoms with E-state index < -0.39 is 20.8 Å². The summed E-state index contributed by atoms with van der Waals surface area (Å²) in [5.74, 6) is -1.27. The molecule has 0 aromatic heterocycles. The molecule has 0 aliphatic rings. The molecule has 1 amide bonds. The summed E-state index contributed by atoms with van der Waals surface area (Å²) >= 11 is 0. The zero-order chi connectivity index (χ0) is 15.7. The monoisotopic (exact) mass is 321 g/mol. The second-order valence-electron chi connectivity index (χ2n) is 5.04. The van der Waals surface area contributed by atoms with Crippen LogP contribution in [0.4, 0.5) is 4.39 Å². The number of nitrogens with one attached hydrogen (secondary N) is 1. The van der Waals surface area contributed by atoms with E-state index in [-0.39, 0.29) is 28.0 Å². The maximum absolute atomic E-state index is 13.8. The molecular weight excluding hydrogens is 305 g/mol. The summed E-state index contributed by atoms with van der Waals surface area (Å²) in [6, 6.07) is 1.79. The number of benzene rings is 1. The van der Waals surface area contributed by atoms with Gasteiger partial charge in [0.15, 0.2) is 0 Å². The van der Waals surface area contributed by atoms with E-state index in [1.165, 1.54) is 6.92 Å². The third kappa shape index (κ3) is 3.93. The standard InChI is InChI=1S/C13H17ClFNO3S/c1-7(2)9(4)16-13(17)10-6-12(20(14,18)19)8(3)5-11(10)15/h5-7,9H,1-4H3,(H,16,17). The topological polar surface area (TPSA) is 63.2 Å². The van der Waals surface area contributed by atoms with Crippen molar-refractivity contribution in [2.75, 3.05) is 0 Å². The van der Waals surface area contributed by atoms with Crippen LogP contribution >= 0.6 is 10.7 Å². The maximum atomic E-state index is 13.8. The first-order valence-corrected chi connectivity index (χ1v) is 8.40. The van der Waals surface area contributed by atoms with Gasteiger partial charge in [0.2, 0.25) is 0 Å². The largest absolute Gasteiger partial charge is 0.349 e. The lowest BCUT2D eigenvalue weighted by Gasteiger charge is -2.18. The van der Waals surface area contributed by atoms with Gasteiger partial charge in [-0.15, -0.1) is 0 Å². The molecule has 0 aliphatic heterocycles. The Bertz CT molecular complexity index is 629. The SMILES string of the molecule is Cc1cc(F)c(C(=O)NC(C)C(C)C)cc1S(=O)(=O)Cl. The molecule has 0 aliphatic carbocycles. The van der Waals surface area contributed by atoms with Gasteiger partial charge in [0, 0.05) is 16.7 Å². The van der Waals surface area contributed by atoms with E-state index in [0.29, 0.717) is 0 Å². The van der Waals surface area contributed by atoms with Crippen LogP contribution in [0.15, 0.2) is 17.0 Å². The van der Waals surface area contributed by atoms with Crippen molar-refractivity contribution in [2.24, 2.45) is 5.92 Å². The number of hydrogen-bond donors (Lipinski definition) is 1. The Morgan fingerprint density at radius 3 is 2.30 bits per heavy atom. The summed E-state index contributed by atoms with van der Waals surface area (Å²) < 4.78 is 36.6. The van der Waals surface area contributed by atoms with E-state index in [1.807, 2.05) is 13.8 Å². The molecular formula is C13H17ClFNO3S. The average Bonchev–Trinajstić information content (AvgIpc) is 2.26. The van der Waals surface area contributed by atoms with Crippen molar-refractivity contribution in [3.8, 4) is 0 Å². The lowest BCUT2D eigenvalue weighted by atomic mass is 10.1. The third-order valence-corrected chi connectivity index (χ3v) is 4.59. The van der Waals surface area contributed by atoms with Crippen LogP contribution in [0.5, 0.6) is 0 Å². The van der Waals surface area contributed by atoms with Crippen molar-refractivity contribution in [1.82, 2.24) is 5.32 Å². The number of hydrogen-bond acceptors (Lipinski definition) is 3. The zero-order valence-corrected chi connectivity index (χ0v) is 13.3. The molecule has 0 fully saturated rings. The van der Waals surface area contributed by atoms with Crippen LogP contribution in [0.25, 0.3) is 0 Å². The Hall–Kier alpha value is -1.14. The van der Waals surface area contributed by atoms with Crippen LogP contribution in [0, 0.1) is 18.7 Å². The molecule has 0 heterocycles. The number of halogens is 2. The van der Waals surface area contributed by atoms with Crippen molar-refractivity contribution in [2.45, 2.75) is 38.6 Å². The highest BCUT2D eigenvalue weighted by molar-refractivity contribution is 8.13. The average molecular weight is 322 g/mol. The van der Waals surface area contributed by atoms with Crippen molar-refractivity contribution >= 4 is 25.6 Å². The van der Waals surface area contributed by atoms with E-state index in [1.54, 1.807) is 6.92 Å². The molecule has 1 N–H and O–H groups in total. The summed E-state index contributed by atoms with van der Waals surface area (Å²) in [5.41, 5.74) is -0.173. The summed E-state index contributed by atoms with van der Waals surface area (Å²) in [5, 5.41) is 2.62. The smallest absolute Gasteiger partial charge is 0.261 e. The van der Waals surface area contributed by atoms with Gasteiger partial charge in [0.05, 0.1) is 10.5 Å². The minimum atomic E-state index is -4.03. The fourth-order valence-electron chi connectivity index (χ4n) is 1.54. The minimum absolute atomic E-state index is 0.158. The maximum Gasteiger partial charge on any atom is 0.261 e. The van der Waals surface area contributed by atoms with E-state index in [2.05, 4.69) is 5.32 Å². The van der Waals surface area contributed by atoms with Crippen LogP contribution in [0.2, 0.25) is 0 Å². The second-order valence-corrected chi connectivity index (χ2v) is 7.58. The van der Waals surface area contributed by atoms with Gasteiger partial charge in [-0.3, -0.25) is 4.79 Å². The first-order chi connectivity index (χ1) is 9.04. The van der Waals surface area contributed by atoms with E-state index >= 15 is 0 Å². The normalized spacial score (nSPS) is 13.3. The summed E-state index contributed by atoms with van der Waals surface area (Å²) in [7, 11) is 1.24. The van der Waals surface area contributed by atoms with Gasteiger partial charge in [-0.25, -0.2) is 12.8 Å². The number of rotatable bonds is 4. The third-order valence-electron chi connectivity index (χ3n) is 3.13. The molecule has 0 spiro atoms. The Kier molecular flexibility index (Phi) is 5.15. The fourth-order valence-corrected chi connectivity index (χ4v) is 2.74. The summed E-state index contributed by atoms with van der Waals surface area (Å²) in [6.45, 7) is 7.01. The van der Waals surface area contributed by atoms with Gasteiger partial charge in [-0.1, -0.05) is 13.8 Å². The Morgan fingerprint density at radius 2 is 1.85 bits per heavy atom. The second kappa shape index (κ2) is 6.10. The lowest BCUT2D eigenvalue weighted by Crippen LogP contribution is -2.36. The molecule has 20 heavy (non-hydrogen) atoms. The first kappa shape index (κ1) is 16.9. The number of amides is 1. The Balaban J connectivity index is 3.22. The van der Waals surface area contributed by atoms with E-state index in [9.17, 15) is 17.6 Å². The Morgan fingerprint density at radius 1 is 1.30 bits per heavy atom. The Labute approximate surface area is 122 Å². The predicted octanol–water partition coefficient (Wildman–Crippen LogP) is 2.84. The molecule has 1 aromatic rings. The summed E-state index contributed by atoms with van der Waals surface area (Å²) in [6.07, 6.45) is 0. The van der Waals surface area contributed by atoms with Crippen molar-refractivity contribution < 1.29 is 17.6 Å². The van der Waals surface area contributed by atoms with Gasteiger partial charge < -0.3 is 5.32 Å². The van der Waals surface area contributed by atoms with E-state index in [4.69, 9.17) is 10.7 Å². The highest BCUT2D eigenvalue weighted by atomic mass is 35.7. The van der Waals surface area contributed by atoms with Gasteiger partial charge >= 0.3 is 0 Å². The lowest BCUT2D eigenvalue weighted by molar-refractivity contribution is 0.0926. The minimum Gasteiger partial charge on any atom is -0.349 e. The fraction of sp³-hybridized carbons (Fsp3) is 0.462. The molecule has 0 radical (unpaired) electrons.